The number of anilines is 4. The Morgan fingerprint density at radius 1 is 0.900 bits per heavy atom. The van der Waals surface area contributed by atoms with Gasteiger partial charge in [-0.3, -0.25) is 0 Å². The van der Waals surface area contributed by atoms with Gasteiger partial charge < -0.3 is 20.4 Å². The molecule has 8 nitrogen and oxygen atoms in total. The smallest absolute Gasteiger partial charge is 0.321 e. The van der Waals surface area contributed by atoms with Crippen molar-refractivity contribution in [1.29, 1.82) is 0 Å². The number of pyridine rings is 1. The van der Waals surface area contributed by atoms with Crippen molar-refractivity contribution in [3.8, 4) is 0 Å². The summed E-state index contributed by atoms with van der Waals surface area (Å²) in [5.41, 5.74) is 3.13. The predicted octanol–water partition coefficient (Wildman–Crippen LogP) is 3.59. The van der Waals surface area contributed by atoms with Crippen LogP contribution in [0.2, 0.25) is 0 Å². The van der Waals surface area contributed by atoms with Crippen LogP contribution in [0, 0.1) is 13.8 Å². The maximum atomic E-state index is 12.6. The highest BCUT2D eigenvalue weighted by Crippen LogP contribution is 2.20. The summed E-state index contributed by atoms with van der Waals surface area (Å²) in [5.74, 6) is 2.17. The number of aryl methyl sites for hydroxylation is 1. The van der Waals surface area contributed by atoms with Gasteiger partial charge in [-0.25, -0.2) is 9.78 Å². The van der Waals surface area contributed by atoms with Gasteiger partial charge in [-0.1, -0.05) is 18.2 Å². The molecule has 0 radical (unpaired) electrons. The molecule has 1 aromatic carbocycles. The van der Waals surface area contributed by atoms with E-state index in [1.54, 1.807) is 6.20 Å². The molecular weight excluding hydrogens is 378 g/mol. The number of hydrogen-bond donors (Lipinski definition) is 2. The normalized spacial score (nSPS) is 13.8. The minimum Gasteiger partial charge on any atom is -0.352 e. The molecule has 1 fully saturated rings. The van der Waals surface area contributed by atoms with Gasteiger partial charge in [0.2, 0.25) is 0 Å². The highest BCUT2D eigenvalue weighted by Gasteiger charge is 2.22. The molecule has 2 amide bonds. The van der Waals surface area contributed by atoms with Gasteiger partial charge in [0.05, 0.1) is 0 Å². The summed E-state index contributed by atoms with van der Waals surface area (Å²) in [6.07, 6.45) is 1.72. The molecule has 3 heterocycles. The van der Waals surface area contributed by atoms with Gasteiger partial charge in [0.25, 0.3) is 0 Å². The number of nitrogens with one attached hydrogen (secondary N) is 2. The van der Waals surface area contributed by atoms with E-state index in [4.69, 9.17) is 0 Å². The Morgan fingerprint density at radius 2 is 1.73 bits per heavy atom. The quantitative estimate of drug-likeness (QED) is 0.692. The van der Waals surface area contributed by atoms with E-state index < -0.39 is 0 Å². The van der Waals surface area contributed by atoms with Crippen molar-refractivity contribution in [2.45, 2.75) is 13.8 Å². The predicted molar refractivity (Wildman–Crippen MR) is 118 cm³/mol. The van der Waals surface area contributed by atoms with Gasteiger partial charge in [0.1, 0.15) is 5.82 Å². The maximum absolute atomic E-state index is 12.6. The second kappa shape index (κ2) is 8.77. The number of carbonyl (C=O) groups excluding carboxylic acids is 1. The monoisotopic (exact) mass is 403 g/mol. The van der Waals surface area contributed by atoms with Gasteiger partial charge in [-0.05, 0) is 55.3 Å². The van der Waals surface area contributed by atoms with E-state index in [1.165, 1.54) is 0 Å². The third-order valence-corrected chi connectivity index (χ3v) is 5.31. The van der Waals surface area contributed by atoms with Crippen LogP contribution in [0.3, 0.4) is 0 Å². The topological polar surface area (TPSA) is 86.3 Å². The van der Waals surface area contributed by atoms with Crippen LogP contribution in [0.4, 0.5) is 27.9 Å². The molecule has 1 saturated heterocycles. The van der Waals surface area contributed by atoms with E-state index in [0.29, 0.717) is 32.0 Å². The van der Waals surface area contributed by atoms with E-state index in [2.05, 4.69) is 30.7 Å². The Morgan fingerprint density at radius 3 is 2.43 bits per heavy atom. The second-order valence-electron chi connectivity index (χ2n) is 7.27. The number of benzene rings is 1. The fraction of sp³-hybridized carbons (Fsp3) is 0.273. The second-order valence-corrected chi connectivity index (χ2v) is 7.27. The molecule has 3 aromatic rings. The molecule has 0 saturated carbocycles. The number of rotatable bonds is 4. The van der Waals surface area contributed by atoms with Crippen molar-refractivity contribution in [3.05, 3.63) is 65.9 Å². The molecule has 0 spiro atoms. The van der Waals surface area contributed by atoms with Crippen molar-refractivity contribution < 1.29 is 4.79 Å². The zero-order valence-electron chi connectivity index (χ0n) is 17.2. The van der Waals surface area contributed by atoms with Crippen LogP contribution in [0.25, 0.3) is 0 Å². The number of nitrogens with zero attached hydrogens (tertiary/aromatic N) is 5. The number of amides is 2. The summed E-state index contributed by atoms with van der Waals surface area (Å²) in [4.78, 5) is 20.8. The fourth-order valence-electron chi connectivity index (χ4n) is 3.35. The van der Waals surface area contributed by atoms with Crippen LogP contribution >= 0.6 is 0 Å². The molecule has 154 valence electrons. The highest BCUT2D eigenvalue weighted by atomic mass is 16.2. The fourth-order valence-corrected chi connectivity index (χ4v) is 3.35. The van der Waals surface area contributed by atoms with Crippen molar-refractivity contribution >= 4 is 29.2 Å². The number of urea groups is 1. The maximum Gasteiger partial charge on any atom is 0.321 e. The van der Waals surface area contributed by atoms with Gasteiger partial charge in [0.15, 0.2) is 11.6 Å². The molecular formula is C22H25N7O. The largest absolute Gasteiger partial charge is 0.352 e. The minimum absolute atomic E-state index is 0.0654. The first-order valence-corrected chi connectivity index (χ1v) is 9.99. The Kier molecular flexibility index (Phi) is 5.74. The Balaban J connectivity index is 1.32. The molecule has 1 aliphatic rings. The number of carbonyl (C=O) groups is 1. The van der Waals surface area contributed by atoms with Crippen molar-refractivity contribution in [2.24, 2.45) is 0 Å². The van der Waals surface area contributed by atoms with Crippen molar-refractivity contribution in [3.63, 3.8) is 0 Å². The van der Waals surface area contributed by atoms with Crippen LogP contribution in [-0.4, -0.2) is 52.3 Å². The standard InChI is InChI=1S/C22H25N7O/c1-16-6-5-7-18(17(16)2)24-22(30)29-14-12-28(13-15-29)21-10-9-20(26-27-21)25-19-8-3-4-11-23-19/h3-11H,12-15H2,1-2H3,(H,24,30)(H,23,25,26). The van der Waals surface area contributed by atoms with Gasteiger partial charge in [-0.15, -0.1) is 10.2 Å². The Bertz CT molecular complexity index is 1000. The summed E-state index contributed by atoms with van der Waals surface area (Å²) in [6.45, 7) is 6.75. The molecule has 30 heavy (non-hydrogen) atoms. The molecule has 8 heteroatoms. The Hall–Kier alpha value is -3.68. The SMILES string of the molecule is Cc1cccc(NC(=O)N2CCN(c3ccc(Nc4ccccn4)nn3)CC2)c1C. The number of aromatic nitrogens is 3. The first-order valence-electron chi connectivity index (χ1n) is 9.99. The number of piperazine rings is 1. The highest BCUT2D eigenvalue weighted by molar-refractivity contribution is 5.90. The van der Waals surface area contributed by atoms with Gasteiger partial charge in [0, 0.05) is 38.1 Å². The Labute approximate surface area is 176 Å². The van der Waals surface area contributed by atoms with Crippen LogP contribution in [0.1, 0.15) is 11.1 Å². The molecule has 1 aliphatic heterocycles. The zero-order chi connectivity index (χ0) is 20.9. The van der Waals surface area contributed by atoms with Crippen molar-refractivity contribution in [1.82, 2.24) is 20.1 Å². The van der Waals surface area contributed by atoms with Crippen LogP contribution in [0.15, 0.2) is 54.7 Å². The molecule has 4 rings (SSSR count). The molecule has 2 N–H and O–H groups in total. The summed E-state index contributed by atoms with van der Waals surface area (Å²) in [6, 6.07) is 15.3. The van der Waals surface area contributed by atoms with Gasteiger partial charge >= 0.3 is 6.03 Å². The third kappa shape index (κ3) is 4.48. The van der Waals surface area contributed by atoms with E-state index in [9.17, 15) is 4.79 Å². The molecule has 2 aromatic heterocycles. The van der Waals surface area contributed by atoms with Crippen LogP contribution < -0.4 is 15.5 Å². The van der Waals surface area contributed by atoms with Crippen LogP contribution in [-0.2, 0) is 0 Å². The van der Waals surface area contributed by atoms with E-state index in [0.717, 1.165) is 28.5 Å². The lowest BCUT2D eigenvalue weighted by molar-refractivity contribution is 0.208. The lowest BCUT2D eigenvalue weighted by Gasteiger charge is -2.35. The lowest BCUT2D eigenvalue weighted by Crippen LogP contribution is -2.50. The minimum atomic E-state index is -0.0654. The summed E-state index contributed by atoms with van der Waals surface area (Å²) < 4.78 is 0. The first kappa shape index (κ1) is 19.6. The molecule has 0 unspecified atom stereocenters. The first-order chi connectivity index (χ1) is 14.6. The van der Waals surface area contributed by atoms with E-state index >= 15 is 0 Å². The summed E-state index contributed by atoms with van der Waals surface area (Å²) in [5, 5.41) is 14.7. The third-order valence-electron chi connectivity index (χ3n) is 5.31. The molecule has 0 aliphatic carbocycles. The number of hydrogen-bond acceptors (Lipinski definition) is 6. The molecule has 0 atom stereocenters. The zero-order valence-corrected chi connectivity index (χ0v) is 17.2. The molecule has 0 bridgehead atoms. The lowest BCUT2D eigenvalue weighted by atomic mass is 10.1. The average molecular weight is 403 g/mol. The van der Waals surface area contributed by atoms with Crippen molar-refractivity contribution in [2.75, 3.05) is 41.7 Å². The average Bonchev–Trinajstić information content (AvgIpc) is 2.78. The van der Waals surface area contributed by atoms with Gasteiger partial charge in [-0.2, -0.15) is 0 Å². The van der Waals surface area contributed by atoms with E-state index in [-0.39, 0.29) is 6.03 Å². The van der Waals surface area contributed by atoms with E-state index in [1.807, 2.05) is 67.3 Å². The van der Waals surface area contributed by atoms with Crippen LogP contribution in [0.5, 0.6) is 0 Å². The summed E-state index contributed by atoms with van der Waals surface area (Å²) >= 11 is 0. The summed E-state index contributed by atoms with van der Waals surface area (Å²) in [7, 11) is 0.